The van der Waals surface area contributed by atoms with Crippen LogP contribution in [-0.4, -0.2) is 63.3 Å². The summed E-state index contributed by atoms with van der Waals surface area (Å²) in [4.78, 5) is 31.5. The highest BCUT2D eigenvalue weighted by molar-refractivity contribution is 7.80. The van der Waals surface area contributed by atoms with Gasteiger partial charge in [0.1, 0.15) is 12.1 Å². The Morgan fingerprint density at radius 3 is 2.81 bits per heavy atom. The molecule has 4 N–H and O–H groups in total. The number of nitrogens with one attached hydrogen (secondary N) is 1. The third-order valence-electron chi connectivity index (χ3n) is 4.54. The van der Waals surface area contributed by atoms with Gasteiger partial charge in [0.15, 0.2) is 6.04 Å². The number of carbonyl (C=O) groups excluding carboxylic acids is 2. The average molecular weight is 388 g/mol. The van der Waals surface area contributed by atoms with Crippen LogP contribution in [0.3, 0.4) is 0 Å². The number of nitrogens with zero attached hydrogens (tertiary/aromatic N) is 4. The Labute approximate surface area is 147 Å². The van der Waals surface area contributed by atoms with Crippen molar-refractivity contribution in [1.29, 1.82) is 0 Å². The Kier molecular flexibility index (Phi) is 3.71. The fourth-order valence-corrected chi connectivity index (χ4v) is 3.58. The standard InChI is InChI=1S/C12H16N6O7S/c1-16-9-5(3-14-16)7-4-17(12(20)18(7)25-26(21,22)23)10(9)11(19)15-24-8-2-6(8)13/h3,6-8,10H,2,4,13H2,1H3,(H,15,19)(H,21,22,23)/t6?,7-,8?,10-/m0/s1. The fraction of sp³-hybridized carbons (Fsp3) is 0.583. The Morgan fingerprint density at radius 2 is 2.19 bits per heavy atom. The van der Waals surface area contributed by atoms with Crippen LogP contribution >= 0.6 is 0 Å². The lowest BCUT2D eigenvalue weighted by atomic mass is 9.97. The highest BCUT2D eigenvalue weighted by atomic mass is 32.3. The Hall–Kier alpha value is -2.26. The molecule has 3 amide bonds. The molecule has 2 fully saturated rings. The summed E-state index contributed by atoms with van der Waals surface area (Å²) in [7, 11) is -3.34. The minimum Gasteiger partial charge on any atom is -0.325 e. The number of nitrogens with two attached hydrogens (primary N) is 1. The van der Waals surface area contributed by atoms with Crippen LogP contribution in [0.2, 0.25) is 0 Å². The maximum absolute atomic E-state index is 12.6. The molecular weight excluding hydrogens is 372 g/mol. The normalized spacial score (nSPS) is 29.7. The lowest BCUT2D eigenvalue weighted by Crippen LogP contribution is -2.44. The molecule has 1 saturated carbocycles. The number of urea groups is 1. The fourth-order valence-electron chi connectivity index (χ4n) is 3.21. The van der Waals surface area contributed by atoms with Crippen molar-refractivity contribution >= 4 is 22.3 Å². The molecule has 4 rings (SSSR count). The van der Waals surface area contributed by atoms with E-state index in [1.165, 1.54) is 10.9 Å². The summed E-state index contributed by atoms with van der Waals surface area (Å²) in [6, 6.07) is -2.97. The zero-order valence-corrected chi connectivity index (χ0v) is 14.3. The summed E-state index contributed by atoms with van der Waals surface area (Å²) in [5.74, 6) is -0.630. The quantitative estimate of drug-likeness (QED) is 0.386. The number of hydroxylamine groups is 3. The van der Waals surface area contributed by atoms with Gasteiger partial charge in [-0.15, -0.1) is 4.28 Å². The largest absolute Gasteiger partial charge is 0.418 e. The summed E-state index contributed by atoms with van der Waals surface area (Å²) in [5, 5.41) is 4.58. The molecular formula is C12H16N6O7S. The van der Waals surface area contributed by atoms with Gasteiger partial charge in [0, 0.05) is 18.7 Å². The molecule has 0 aromatic carbocycles. The Bertz CT molecular complexity index is 885. The molecule has 1 aromatic heterocycles. The molecule has 13 nitrogen and oxygen atoms in total. The predicted molar refractivity (Wildman–Crippen MR) is 80.9 cm³/mol. The van der Waals surface area contributed by atoms with E-state index in [0.29, 0.717) is 22.7 Å². The molecule has 2 bridgehead atoms. The number of aryl methyl sites for hydroxylation is 1. The van der Waals surface area contributed by atoms with Crippen LogP contribution in [0.4, 0.5) is 4.79 Å². The van der Waals surface area contributed by atoms with E-state index >= 15 is 0 Å². The minimum atomic E-state index is -4.92. The summed E-state index contributed by atoms with van der Waals surface area (Å²) in [5.41, 5.74) is 8.72. The minimum absolute atomic E-state index is 0.0198. The van der Waals surface area contributed by atoms with Crippen molar-refractivity contribution in [3.8, 4) is 0 Å². The first-order valence-corrected chi connectivity index (χ1v) is 9.03. The molecule has 0 radical (unpaired) electrons. The van der Waals surface area contributed by atoms with Crippen LogP contribution < -0.4 is 11.2 Å². The Balaban J connectivity index is 1.65. The molecule has 0 spiro atoms. The lowest BCUT2D eigenvalue weighted by Gasteiger charge is -2.29. The van der Waals surface area contributed by atoms with Crippen molar-refractivity contribution < 1.29 is 31.7 Å². The van der Waals surface area contributed by atoms with Gasteiger partial charge in [-0.2, -0.15) is 18.6 Å². The topological polar surface area (TPSA) is 169 Å². The number of fused-ring (bicyclic) bond motifs is 4. The molecule has 26 heavy (non-hydrogen) atoms. The molecule has 1 aliphatic carbocycles. The molecule has 3 aliphatic rings. The van der Waals surface area contributed by atoms with Crippen molar-refractivity contribution in [2.24, 2.45) is 12.8 Å². The van der Waals surface area contributed by atoms with Crippen molar-refractivity contribution in [3.05, 3.63) is 17.5 Å². The van der Waals surface area contributed by atoms with Gasteiger partial charge in [-0.3, -0.25) is 18.9 Å². The van der Waals surface area contributed by atoms with Crippen LogP contribution in [0.25, 0.3) is 0 Å². The van der Waals surface area contributed by atoms with E-state index in [1.54, 1.807) is 7.05 Å². The van der Waals surface area contributed by atoms with Gasteiger partial charge < -0.3 is 10.6 Å². The van der Waals surface area contributed by atoms with Crippen LogP contribution in [0.15, 0.2) is 6.20 Å². The van der Waals surface area contributed by atoms with E-state index in [4.69, 9.17) is 15.1 Å². The van der Waals surface area contributed by atoms with E-state index in [2.05, 4.69) is 14.9 Å². The average Bonchev–Trinajstić information content (AvgIpc) is 3.04. The van der Waals surface area contributed by atoms with Gasteiger partial charge in [0.25, 0.3) is 5.91 Å². The number of hydrogen-bond acceptors (Lipinski definition) is 8. The zero-order chi connectivity index (χ0) is 18.8. The third kappa shape index (κ3) is 2.71. The number of carbonyl (C=O) groups is 2. The maximum atomic E-state index is 12.6. The first kappa shape index (κ1) is 17.2. The highest BCUT2D eigenvalue weighted by Gasteiger charge is 2.54. The number of rotatable bonds is 5. The van der Waals surface area contributed by atoms with E-state index < -0.39 is 34.4 Å². The number of hydrogen-bond donors (Lipinski definition) is 3. The van der Waals surface area contributed by atoms with E-state index in [-0.39, 0.29) is 18.7 Å². The first-order chi connectivity index (χ1) is 12.2. The third-order valence-corrected chi connectivity index (χ3v) is 4.89. The lowest BCUT2D eigenvalue weighted by molar-refractivity contribution is -0.140. The molecule has 2 aliphatic heterocycles. The van der Waals surface area contributed by atoms with E-state index in [1.807, 2.05) is 0 Å². The summed E-state index contributed by atoms with van der Waals surface area (Å²) < 4.78 is 36.8. The molecule has 1 aromatic rings. The van der Waals surface area contributed by atoms with Gasteiger partial charge in [-0.25, -0.2) is 10.3 Å². The van der Waals surface area contributed by atoms with Gasteiger partial charge in [0.05, 0.1) is 18.4 Å². The van der Waals surface area contributed by atoms with Crippen LogP contribution in [-0.2, 0) is 31.4 Å². The highest BCUT2D eigenvalue weighted by Crippen LogP contribution is 2.44. The van der Waals surface area contributed by atoms with Crippen LogP contribution in [0.5, 0.6) is 0 Å². The Morgan fingerprint density at radius 1 is 1.50 bits per heavy atom. The second-order valence-corrected chi connectivity index (χ2v) is 7.32. The van der Waals surface area contributed by atoms with Crippen molar-refractivity contribution in [3.63, 3.8) is 0 Å². The van der Waals surface area contributed by atoms with Gasteiger partial charge in [-0.1, -0.05) is 0 Å². The van der Waals surface area contributed by atoms with E-state index in [0.717, 1.165) is 4.90 Å². The molecule has 142 valence electrons. The van der Waals surface area contributed by atoms with Crippen molar-refractivity contribution in [2.45, 2.75) is 30.7 Å². The molecule has 14 heteroatoms. The van der Waals surface area contributed by atoms with Gasteiger partial charge in [0.2, 0.25) is 0 Å². The van der Waals surface area contributed by atoms with Gasteiger partial charge >= 0.3 is 16.4 Å². The number of amides is 3. The van der Waals surface area contributed by atoms with Crippen molar-refractivity contribution in [1.82, 2.24) is 25.2 Å². The van der Waals surface area contributed by atoms with E-state index in [9.17, 15) is 18.0 Å². The van der Waals surface area contributed by atoms with Crippen LogP contribution in [0.1, 0.15) is 29.8 Å². The second kappa shape index (κ2) is 5.62. The van der Waals surface area contributed by atoms with Crippen LogP contribution in [0, 0.1) is 0 Å². The monoisotopic (exact) mass is 388 g/mol. The summed E-state index contributed by atoms with van der Waals surface area (Å²) in [6.45, 7) is -0.0198. The molecule has 3 heterocycles. The molecule has 2 unspecified atom stereocenters. The smallest absolute Gasteiger partial charge is 0.325 e. The van der Waals surface area contributed by atoms with Crippen molar-refractivity contribution in [2.75, 3.05) is 6.54 Å². The maximum Gasteiger partial charge on any atom is 0.418 e. The SMILES string of the molecule is Cn1ncc2c1[C@@H](C(=O)NOC1CC1N)N1C[C@@H]2N(OS(=O)(=O)O)C1=O. The second-order valence-electron chi connectivity index (χ2n) is 6.31. The number of aromatic nitrogens is 2. The summed E-state index contributed by atoms with van der Waals surface area (Å²) in [6.07, 6.45) is 1.74. The first-order valence-electron chi connectivity index (χ1n) is 7.67. The predicted octanol–water partition coefficient (Wildman–Crippen LogP) is -1.86. The molecule has 4 atom stereocenters. The molecule has 1 saturated heterocycles. The summed E-state index contributed by atoms with van der Waals surface area (Å²) >= 11 is 0. The zero-order valence-electron chi connectivity index (χ0n) is 13.5. The van der Waals surface area contributed by atoms with Gasteiger partial charge in [-0.05, 0) is 6.42 Å².